The number of rotatable bonds is 3. The molecule has 2 rings (SSSR count). The van der Waals surface area contributed by atoms with Gasteiger partial charge in [0, 0.05) is 24.5 Å². The van der Waals surface area contributed by atoms with E-state index < -0.39 is 12.7 Å². The van der Waals surface area contributed by atoms with E-state index in [1.54, 1.807) is 18.3 Å². The minimum Gasteiger partial charge on any atom is -0.263 e. The molecule has 102 valence electrons. The molecule has 0 radical (unpaired) electrons. The van der Waals surface area contributed by atoms with E-state index in [9.17, 15) is 13.2 Å². The minimum atomic E-state index is -4.28. The lowest BCUT2D eigenvalue weighted by Gasteiger charge is -2.11. The molecule has 1 atom stereocenters. The van der Waals surface area contributed by atoms with Crippen molar-refractivity contribution in [1.82, 2.24) is 14.8 Å². The molecule has 0 amide bonds. The highest BCUT2D eigenvalue weighted by atomic mass is 35.5. The molecule has 0 aliphatic carbocycles. The first-order chi connectivity index (χ1) is 8.87. The van der Waals surface area contributed by atoms with Gasteiger partial charge in [0.05, 0.1) is 10.7 Å². The molecule has 0 spiro atoms. The van der Waals surface area contributed by atoms with Gasteiger partial charge in [-0.3, -0.25) is 9.67 Å². The monoisotopic (exact) mass is 289 g/mol. The van der Waals surface area contributed by atoms with Gasteiger partial charge in [0.2, 0.25) is 0 Å². The number of nitrogens with zero attached hydrogens (tertiary/aromatic N) is 3. The van der Waals surface area contributed by atoms with Crippen LogP contribution in [0.15, 0.2) is 30.7 Å². The van der Waals surface area contributed by atoms with Crippen LogP contribution in [0.1, 0.15) is 24.1 Å². The molecule has 0 unspecified atom stereocenters. The lowest BCUT2D eigenvalue weighted by molar-refractivity contribution is -0.142. The zero-order valence-electron chi connectivity index (χ0n) is 10.0. The number of hydrogen-bond acceptors (Lipinski definition) is 2. The lowest BCUT2D eigenvalue weighted by atomic mass is 9.99. The standard InChI is InChI=1S/C12H11ClF3N3/c1-8(9-2-4-17-6-10(9)13)11-3-5-19(18-11)7-12(14,15)16/h2-6,8H,7H2,1H3/t8-/m0/s1. The van der Waals surface area contributed by atoms with Gasteiger partial charge in [-0.25, -0.2) is 0 Å². The fourth-order valence-electron chi connectivity index (χ4n) is 1.78. The van der Waals surface area contributed by atoms with Gasteiger partial charge in [-0.1, -0.05) is 18.5 Å². The van der Waals surface area contributed by atoms with E-state index >= 15 is 0 Å². The smallest absolute Gasteiger partial charge is 0.263 e. The van der Waals surface area contributed by atoms with E-state index in [1.807, 2.05) is 6.92 Å². The van der Waals surface area contributed by atoms with Crippen LogP contribution in [-0.2, 0) is 6.54 Å². The Bertz CT molecular complexity index is 565. The molecule has 3 nitrogen and oxygen atoms in total. The molecular weight excluding hydrogens is 279 g/mol. The second kappa shape index (κ2) is 5.21. The molecule has 2 heterocycles. The van der Waals surface area contributed by atoms with Crippen molar-refractivity contribution in [3.05, 3.63) is 47.0 Å². The Morgan fingerprint density at radius 2 is 2.11 bits per heavy atom. The van der Waals surface area contributed by atoms with Crippen molar-refractivity contribution in [3.63, 3.8) is 0 Å². The van der Waals surface area contributed by atoms with Crippen LogP contribution in [0.2, 0.25) is 5.02 Å². The number of pyridine rings is 1. The van der Waals surface area contributed by atoms with E-state index in [4.69, 9.17) is 11.6 Å². The van der Waals surface area contributed by atoms with Crippen molar-refractivity contribution in [2.75, 3.05) is 0 Å². The third-order valence-corrected chi connectivity index (χ3v) is 3.03. The summed E-state index contributed by atoms with van der Waals surface area (Å²) in [5.41, 5.74) is 1.33. The maximum Gasteiger partial charge on any atom is 0.408 e. The van der Waals surface area contributed by atoms with E-state index in [2.05, 4.69) is 10.1 Å². The van der Waals surface area contributed by atoms with Gasteiger partial charge in [-0.05, 0) is 17.7 Å². The molecule has 2 aromatic heterocycles. The van der Waals surface area contributed by atoms with Crippen molar-refractivity contribution in [3.8, 4) is 0 Å². The van der Waals surface area contributed by atoms with Gasteiger partial charge in [0.15, 0.2) is 0 Å². The topological polar surface area (TPSA) is 30.7 Å². The first-order valence-corrected chi connectivity index (χ1v) is 5.94. The minimum absolute atomic E-state index is 0.190. The molecule has 0 N–H and O–H groups in total. The summed E-state index contributed by atoms with van der Waals surface area (Å²) in [6.07, 6.45) is 0.125. The summed E-state index contributed by atoms with van der Waals surface area (Å²) >= 11 is 6.01. The second-order valence-corrected chi connectivity index (χ2v) is 4.58. The van der Waals surface area contributed by atoms with Crippen LogP contribution in [0.4, 0.5) is 13.2 Å². The van der Waals surface area contributed by atoms with Crippen LogP contribution in [0.25, 0.3) is 0 Å². The van der Waals surface area contributed by atoms with Gasteiger partial charge in [0.1, 0.15) is 6.54 Å². The molecule has 2 aromatic rings. The molecule has 7 heteroatoms. The second-order valence-electron chi connectivity index (χ2n) is 4.17. The van der Waals surface area contributed by atoms with Crippen molar-refractivity contribution in [2.45, 2.75) is 25.6 Å². The number of halogens is 4. The predicted molar refractivity (Wildman–Crippen MR) is 65.0 cm³/mol. The Morgan fingerprint density at radius 3 is 2.74 bits per heavy atom. The number of alkyl halides is 3. The Kier molecular flexibility index (Phi) is 3.80. The van der Waals surface area contributed by atoms with E-state index in [-0.39, 0.29) is 5.92 Å². The molecule has 0 aliphatic rings. The molecule has 0 bridgehead atoms. The Hall–Kier alpha value is -1.56. The highest BCUT2D eigenvalue weighted by Gasteiger charge is 2.28. The van der Waals surface area contributed by atoms with Crippen LogP contribution in [0, 0.1) is 0 Å². The summed E-state index contributed by atoms with van der Waals surface area (Å²) < 4.78 is 37.6. The summed E-state index contributed by atoms with van der Waals surface area (Å²) in [4.78, 5) is 3.87. The largest absolute Gasteiger partial charge is 0.408 e. The van der Waals surface area contributed by atoms with Crippen molar-refractivity contribution in [2.24, 2.45) is 0 Å². The average Bonchev–Trinajstić information content (AvgIpc) is 2.75. The molecule has 0 fully saturated rings. The lowest BCUT2D eigenvalue weighted by Crippen LogP contribution is -2.18. The maximum absolute atomic E-state index is 12.2. The molecular formula is C12H11ClF3N3. The number of hydrogen-bond donors (Lipinski definition) is 0. The number of aromatic nitrogens is 3. The summed E-state index contributed by atoms with van der Waals surface area (Å²) in [5.74, 6) is -0.190. The van der Waals surface area contributed by atoms with Crippen LogP contribution in [0.5, 0.6) is 0 Å². The summed E-state index contributed by atoms with van der Waals surface area (Å²) in [5, 5.41) is 4.40. The SMILES string of the molecule is C[C@H](c1ccn(CC(F)(F)F)n1)c1ccncc1Cl. The molecule has 19 heavy (non-hydrogen) atoms. The highest BCUT2D eigenvalue weighted by Crippen LogP contribution is 2.28. The first kappa shape index (κ1) is 13.9. The summed E-state index contributed by atoms with van der Waals surface area (Å²) in [7, 11) is 0. The quantitative estimate of drug-likeness (QED) is 0.863. The van der Waals surface area contributed by atoms with Gasteiger partial charge < -0.3 is 0 Å². The van der Waals surface area contributed by atoms with Gasteiger partial charge in [0.25, 0.3) is 0 Å². The third-order valence-electron chi connectivity index (χ3n) is 2.72. The summed E-state index contributed by atoms with van der Waals surface area (Å²) in [6.45, 7) is 0.741. The Labute approximate surface area is 113 Å². The van der Waals surface area contributed by atoms with Crippen LogP contribution >= 0.6 is 11.6 Å². The van der Waals surface area contributed by atoms with Crippen LogP contribution in [-0.4, -0.2) is 20.9 Å². The Balaban J connectivity index is 2.21. The van der Waals surface area contributed by atoms with Gasteiger partial charge in [-0.15, -0.1) is 0 Å². The average molecular weight is 290 g/mol. The summed E-state index contributed by atoms with van der Waals surface area (Å²) in [6, 6.07) is 3.29. The van der Waals surface area contributed by atoms with Gasteiger partial charge in [-0.2, -0.15) is 18.3 Å². The Morgan fingerprint density at radius 1 is 1.37 bits per heavy atom. The molecule has 0 aromatic carbocycles. The van der Waals surface area contributed by atoms with E-state index in [1.165, 1.54) is 12.4 Å². The van der Waals surface area contributed by atoms with Crippen LogP contribution < -0.4 is 0 Å². The zero-order valence-corrected chi connectivity index (χ0v) is 10.8. The predicted octanol–water partition coefficient (Wildman–Crippen LogP) is 3.65. The normalized spacial score (nSPS) is 13.5. The maximum atomic E-state index is 12.2. The van der Waals surface area contributed by atoms with Crippen molar-refractivity contribution in [1.29, 1.82) is 0 Å². The molecule has 0 saturated carbocycles. The third kappa shape index (κ3) is 3.47. The molecule has 0 saturated heterocycles. The van der Waals surface area contributed by atoms with Gasteiger partial charge >= 0.3 is 6.18 Å². The first-order valence-electron chi connectivity index (χ1n) is 5.56. The van der Waals surface area contributed by atoms with Crippen molar-refractivity contribution < 1.29 is 13.2 Å². The van der Waals surface area contributed by atoms with Crippen LogP contribution in [0.3, 0.4) is 0 Å². The fourth-order valence-corrected chi connectivity index (χ4v) is 2.06. The highest BCUT2D eigenvalue weighted by molar-refractivity contribution is 6.31. The van der Waals surface area contributed by atoms with E-state index in [0.29, 0.717) is 10.7 Å². The van der Waals surface area contributed by atoms with Crippen molar-refractivity contribution >= 4 is 11.6 Å². The van der Waals surface area contributed by atoms with E-state index in [0.717, 1.165) is 10.2 Å². The zero-order chi connectivity index (χ0) is 14.0. The fraction of sp³-hybridized carbons (Fsp3) is 0.333. The molecule has 0 aliphatic heterocycles.